The molecule has 0 saturated heterocycles. The van der Waals surface area contributed by atoms with Gasteiger partial charge in [0, 0.05) is 29.4 Å². The first-order chi connectivity index (χ1) is 8.28. The highest BCUT2D eigenvalue weighted by Gasteiger charge is 1.96. The van der Waals surface area contributed by atoms with Gasteiger partial charge in [0.15, 0.2) is 0 Å². The van der Waals surface area contributed by atoms with E-state index < -0.39 is 0 Å². The third-order valence-electron chi connectivity index (χ3n) is 2.42. The van der Waals surface area contributed by atoms with Crippen molar-refractivity contribution >= 4 is 21.6 Å². The van der Waals surface area contributed by atoms with Crippen molar-refractivity contribution < 1.29 is 0 Å². The Morgan fingerprint density at radius 3 is 2.76 bits per heavy atom. The van der Waals surface area contributed by atoms with Gasteiger partial charge in [-0.05, 0) is 29.8 Å². The SMILES string of the molecule is NCc1ccc(CNc2cccc(Br)c2)cn1. The van der Waals surface area contributed by atoms with E-state index in [1.165, 1.54) is 0 Å². The fourth-order valence-electron chi connectivity index (χ4n) is 1.48. The van der Waals surface area contributed by atoms with Crippen LogP contribution < -0.4 is 11.1 Å². The van der Waals surface area contributed by atoms with Crippen LogP contribution in [-0.4, -0.2) is 4.98 Å². The second-order valence-electron chi connectivity index (χ2n) is 3.73. The average Bonchev–Trinajstić information content (AvgIpc) is 2.37. The Morgan fingerprint density at radius 1 is 1.24 bits per heavy atom. The molecule has 3 nitrogen and oxygen atoms in total. The number of anilines is 1. The molecule has 0 radical (unpaired) electrons. The zero-order chi connectivity index (χ0) is 12.1. The van der Waals surface area contributed by atoms with Crippen molar-refractivity contribution in [3.63, 3.8) is 0 Å². The molecule has 1 aromatic carbocycles. The van der Waals surface area contributed by atoms with Crippen molar-refractivity contribution in [2.75, 3.05) is 5.32 Å². The molecular weight excluding hydrogens is 278 g/mol. The Labute approximate surface area is 109 Å². The van der Waals surface area contributed by atoms with Gasteiger partial charge in [-0.25, -0.2) is 0 Å². The molecule has 3 N–H and O–H groups in total. The summed E-state index contributed by atoms with van der Waals surface area (Å²) in [7, 11) is 0. The Bertz CT molecular complexity index is 482. The minimum atomic E-state index is 0.485. The van der Waals surface area contributed by atoms with E-state index in [2.05, 4.69) is 26.2 Å². The Kier molecular flexibility index (Phi) is 4.12. The summed E-state index contributed by atoms with van der Waals surface area (Å²) in [6.45, 7) is 1.24. The summed E-state index contributed by atoms with van der Waals surface area (Å²) in [5.74, 6) is 0. The van der Waals surface area contributed by atoms with Crippen LogP contribution in [0.15, 0.2) is 47.1 Å². The summed E-state index contributed by atoms with van der Waals surface area (Å²) >= 11 is 3.44. The predicted molar refractivity (Wildman–Crippen MR) is 73.6 cm³/mol. The molecule has 0 saturated carbocycles. The van der Waals surface area contributed by atoms with Crippen molar-refractivity contribution in [3.05, 3.63) is 58.3 Å². The lowest BCUT2D eigenvalue weighted by atomic mass is 10.2. The number of hydrogen-bond acceptors (Lipinski definition) is 3. The number of nitrogens with zero attached hydrogens (tertiary/aromatic N) is 1. The number of rotatable bonds is 4. The van der Waals surface area contributed by atoms with Gasteiger partial charge in [-0.1, -0.05) is 28.1 Å². The van der Waals surface area contributed by atoms with Gasteiger partial charge >= 0.3 is 0 Å². The van der Waals surface area contributed by atoms with Crippen molar-refractivity contribution in [1.82, 2.24) is 4.98 Å². The number of benzene rings is 1. The second kappa shape index (κ2) is 5.80. The number of pyridine rings is 1. The molecule has 0 unspecified atom stereocenters. The van der Waals surface area contributed by atoms with Gasteiger partial charge in [0.25, 0.3) is 0 Å². The van der Waals surface area contributed by atoms with Gasteiger partial charge in [0.05, 0.1) is 5.69 Å². The van der Waals surface area contributed by atoms with Gasteiger partial charge in [-0.3, -0.25) is 4.98 Å². The molecule has 88 valence electrons. The fraction of sp³-hybridized carbons (Fsp3) is 0.154. The highest BCUT2D eigenvalue weighted by Crippen LogP contribution is 2.16. The molecule has 0 aliphatic heterocycles. The number of aromatic nitrogens is 1. The van der Waals surface area contributed by atoms with E-state index in [4.69, 9.17) is 5.73 Å². The first kappa shape index (κ1) is 12.1. The molecule has 0 bridgehead atoms. The zero-order valence-electron chi connectivity index (χ0n) is 9.36. The van der Waals surface area contributed by atoms with Gasteiger partial charge in [-0.15, -0.1) is 0 Å². The molecule has 17 heavy (non-hydrogen) atoms. The Hall–Kier alpha value is -1.39. The third-order valence-corrected chi connectivity index (χ3v) is 2.91. The maximum atomic E-state index is 5.50. The lowest BCUT2D eigenvalue weighted by molar-refractivity contribution is 0.973. The summed E-state index contributed by atoms with van der Waals surface area (Å²) in [5, 5.41) is 3.34. The number of hydrogen-bond donors (Lipinski definition) is 2. The quantitative estimate of drug-likeness (QED) is 0.911. The van der Waals surface area contributed by atoms with Crippen LogP contribution in [0.5, 0.6) is 0 Å². The van der Waals surface area contributed by atoms with Crippen LogP contribution in [0.25, 0.3) is 0 Å². The van der Waals surface area contributed by atoms with E-state index >= 15 is 0 Å². The van der Waals surface area contributed by atoms with Crippen LogP contribution in [0.4, 0.5) is 5.69 Å². The minimum absolute atomic E-state index is 0.485. The van der Waals surface area contributed by atoms with Gasteiger partial charge in [-0.2, -0.15) is 0 Å². The summed E-state index contributed by atoms with van der Waals surface area (Å²) in [6, 6.07) is 12.1. The molecule has 0 fully saturated rings. The Balaban J connectivity index is 1.97. The molecule has 1 heterocycles. The molecule has 0 aliphatic rings. The van der Waals surface area contributed by atoms with E-state index in [0.717, 1.165) is 28.0 Å². The monoisotopic (exact) mass is 291 g/mol. The summed E-state index contributed by atoms with van der Waals surface area (Å²) < 4.78 is 1.07. The first-order valence-corrected chi connectivity index (χ1v) is 6.20. The lowest BCUT2D eigenvalue weighted by Gasteiger charge is -2.07. The molecule has 4 heteroatoms. The van der Waals surface area contributed by atoms with Crippen LogP contribution in [0.2, 0.25) is 0 Å². The van der Waals surface area contributed by atoms with Crippen molar-refractivity contribution in [2.45, 2.75) is 13.1 Å². The van der Waals surface area contributed by atoms with Crippen LogP contribution in [-0.2, 0) is 13.1 Å². The Morgan fingerprint density at radius 2 is 2.12 bits per heavy atom. The van der Waals surface area contributed by atoms with Gasteiger partial charge in [0.1, 0.15) is 0 Å². The summed E-state index contributed by atoms with van der Waals surface area (Å²) in [4.78, 5) is 4.25. The van der Waals surface area contributed by atoms with E-state index in [-0.39, 0.29) is 0 Å². The molecule has 1 aromatic heterocycles. The van der Waals surface area contributed by atoms with Crippen LogP contribution in [0.3, 0.4) is 0 Å². The summed E-state index contributed by atoms with van der Waals surface area (Å²) in [6.07, 6.45) is 1.85. The standard InChI is InChI=1S/C13H14BrN3/c14-11-2-1-3-12(6-11)16-8-10-4-5-13(7-15)17-9-10/h1-6,9,16H,7-8,15H2. The third kappa shape index (κ3) is 3.54. The molecule has 0 spiro atoms. The van der Waals surface area contributed by atoms with E-state index in [9.17, 15) is 0 Å². The maximum absolute atomic E-state index is 5.50. The largest absolute Gasteiger partial charge is 0.381 e. The van der Waals surface area contributed by atoms with E-state index in [1.807, 2.05) is 42.6 Å². The van der Waals surface area contributed by atoms with Crippen LogP contribution >= 0.6 is 15.9 Å². The highest BCUT2D eigenvalue weighted by atomic mass is 79.9. The van der Waals surface area contributed by atoms with Crippen molar-refractivity contribution in [1.29, 1.82) is 0 Å². The highest BCUT2D eigenvalue weighted by molar-refractivity contribution is 9.10. The molecular formula is C13H14BrN3. The van der Waals surface area contributed by atoms with Crippen LogP contribution in [0.1, 0.15) is 11.3 Å². The van der Waals surface area contributed by atoms with Crippen molar-refractivity contribution in [2.24, 2.45) is 5.73 Å². The molecule has 0 aliphatic carbocycles. The average molecular weight is 292 g/mol. The van der Waals surface area contributed by atoms with Crippen molar-refractivity contribution in [3.8, 4) is 0 Å². The molecule has 2 rings (SSSR count). The van der Waals surface area contributed by atoms with E-state index in [1.54, 1.807) is 0 Å². The lowest BCUT2D eigenvalue weighted by Crippen LogP contribution is -2.02. The fourth-order valence-corrected chi connectivity index (χ4v) is 1.88. The molecule has 0 amide bonds. The molecule has 0 atom stereocenters. The molecule has 2 aromatic rings. The first-order valence-electron chi connectivity index (χ1n) is 5.41. The van der Waals surface area contributed by atoms with Gasteiger partial charge < -0.3 is 11.1 Å². The number of nitrogens with one attached hydrogen (secondary N) is 1. The minimum Gasteiger partial charge on any atom is -0.381 e. The number of halogens is 1. The van der Waals surface area contributed by atoms with Crippen LogP contribution in [0, 0.1) is 0 Å². The normalized spacial score (nSPS) is 10.2. The van der Waals surface area contributed by atoms with E-state index in [0.29, 0.717) is 6.54 Å². The maximum Gasteiger partial charge on any atom is 0.0539 e. The smallest absolute Gasteiger partial charge is 0.0539 e. The zero-order valence-corrected chi connectivity index (χ0v) is 10.9. The summed E-state index contributed by atoms with van der Waals surface area (Å²) in [5.41, 5.74) is 8.64. The van der Waals surface area contributed by atoms with Gasteiger partial charge in [0.2, 0.25) is 0 Å². The number of nitrogens with two attached hydrogens (primary N) is 1. The topological polar surface area (TPSA) is 50.9 Å². The predicted octanol–water partition coefficient (Wildman–Crippen LogP) is 2.91. The second-order valence-corrected chi connectivity index (χ2v) is 4.64.